The molecule has 0 N–H and O–H groups in total. The lowest BCUT2D eigenvalue weighted by Gasteiger charge is -2.36. The molecule has 2 aromatic heterocycles. The van der Waals surface area contributed by atoms with E-state index < -0.39 is 0 Å². The van der Waals surface area contributed by atoms with Gasteiger partial charge in [-0.3, -0.25) is 4.68 Å². The van der Waals surface area contributed by atoms with Crippen LogP contribution in [0.3, 0.4) is 0 Å². The maximum absolute atomic E-state index is 6.12. The van der Waals surface area contributed by atoms with Crippen molar-refractivity contribution in [2.45, 2.75) is 57.6 Å². The molecule has 21 heavy (non-hydrogen) atoms. The van der Waals surface area contributed by atoms with Crippen molar-refractivity contribution < 1.29 is 4.74 Å². The highest BCUT2D eigenvalue weighted by Gasteiger charge is 2.34. The summed E-state index contributed by atoms with van der Waals surface area (Å²) in [5, 5.41) is 4.63. The van der Waals surface area contributed by atoms with Crippen molar-refractivity contribution in [1.29, 1.82) is 0 Å². The van der Waals surface area contributed by atoms with E-state index in [1.165, 1.54) is 0 Å². The van der Waals surface area contributed by atoms with Crippen molar-refractivity contribution >= 4 is 22.8 Å². The van der Waals surface area contributed by atoms with Crippen LogP contribution in [0.1, 0.15) is 50.7 Å². The number of aryl methyl sites for hydroxylation is 2. The first-order valence-corrected chi connectivity index (χ1v) is 8.33. The molecule has 1 fully saturated rings. The third-order valence-corrected chi connectivity index (χ3v) is 4.49. The van der Waals surface area contributed by atoms with E-state index in [1.807, 2.05) is 18.7 Å². The zero-order valence-corrected chi connectivity index (χ0v) is 13.7. The summed E-state index contributed by atoms with van der Waals surface area (Å²) in [6.45, 7) is 5.00. The van der Waals surface area contributed by atoms with Gasteiger partial charge >= 0.3 is 0 Å². The molecule has 0 spiro atoms. The predicted octanol–water partition coefficient (Wildman–Crippen LogP) is 3.20. The minimum atomic E-state index is 0.379. The van der Waals surface area contributed by atoms with Gasteiger partial charge in [0, 0.05) is 19.7 Å². The Bertz CT molecular complexity index is 627. The van der Waals surface area contributed by atoms with Crippen molar-refractivity contribution in [3.63, 3.8) is 0 Å². The van der Waals surface area contributed by atoms with Crippen molar-refractivity contribution in [2.24, 2.45) is 7.05 Å². The van der Waals surface area contributed by atoms with Crippen molar-refractivity contribution in [3.05, 3.63) is 11.5 Å². The molecule has 0 bridgehead atoms. The first-order valence-electron chi connectivity index (χ1n) is 7.79. The van der Waals surface area contributed by atoms with E-state index in [-0.39, 0.29) is 0 Å². The van der Waals surface area contributed by atoms with Crippen molar-refractivity contribution in [1.82, 2.24) is 19.3 Å². The Balaban J connectivity index is 1.97. The van der Waals surface area contributed by atoms with Gasteiger partial charge in [0.25, 0.3) is 0 Å². The van der Waals surface area contributed by atoms with Crippen LogP contribution < -0.4 is 0 Å². The third kappa shape index (κ3) is 2.46. The molecular formula is C15H23ClN4O. The number of rotatable bonds is 6. The number of ether oxygens (including phenoxy) is 1. The van der Waals surface area contributed by atoms with Crippen LogP contribution in [-0.4, -0.2) is 32.0 Å². The maximum Gasteiger partial charge on any atom is 0.158 e. The van der Waals surface area contributed by atoms with E-state index >= 15 is 0 Å². The quantitative estimate of drug-likeness (QED) is 0.770. The van der Waals surface area contributed by atoms with Crippen LogP contribution in [0, 0.1) is 0 Å². The van der Waals surface area contributed by atoms with Crippen LogP contribution in [0.5, 0.6) is 0 Å². The van der Waals surface area contributed by atoms with E-state index in [2.05, 4.69) is 16.6 Å². The SMILES string of the molecule is CCCc1nn(C)c2c1nc(CCl)n2C1CC(OCC)C1. The molecule has 0 aromatic carbocycles. The number of alkyl halides is 1. The van der Waals surface area contributed by atoms with Gasteiger partial charge in [-0.25, -0.2) is 4.98 Å². The molecule has 0 atom stereocenters. The highest BCUT2D eigenvalue weighted by Crippen LogP contribution is 2.38. The van der Waals surface area contributed by atoms with Crippen LogP contribution in [0.2, 0.25) is 0 Å². The summed E-state index contributed by atoms with van der Waals surface area (Å²) < 4.78 is 9.91. The number of fused-ring (bicyclic) bond motifs is 1. The van der Waals surface area contributed by atoms with Crippen LogP contribution in [0.25, 0.3) is 11.2 Å². The van der Waals surface area contributed by atoms with Gasteiger partial charge in [0.05, 0.1) is 17.7 Å². The standard InChI is InChI=1S/C15H23ClN4O/c1-4-6-12-14-15(19(3)18-12)20(13(9-16)17-14)10-7-11(8-10)21-5-2/h10-11H,4-9H2,1-3H3. The highest BCUT2D eigenvalue weighted by molar-refractivity contribution is 6.16. The average Bonchev–Trinajstić information content (AvgIpc) is 2.93. The molecule has 116 valence electrons. The Morgan fingerprint density at radius 1 is 1.33 bits per heavy atom. The molecule has 5 nitrogen and oxygen atoms in total. The van der Waals surface area contributed by atoms with Crippen LogP contribution in [0.4, 0.5) is 0 Å². The smallest absolute Gasteiger partial charge is 0.158 e. The Kier molecular flexibility index (Phi) is 4.22. The van der Waals surface area contributed by atoms with Gasteiger partial charge in [-0.1, -0.05) is 13.3 Å². The third-order valence-electron chi connectivity index (χ3n) is 4.25. The monoisotopic (exact) mass is 310 g/mol. The van der Waals surface area contributed by atoms with E-state index in [9.17, 15) is 0 Å². The fourth-order valence-corrected chi connectivity index (χ4v) is 3.44. The summed E-state index contributed by atoms with van der Waals surface area (Å²) in [5.41, 5.74) is 3.21. The van der Waals surface area contributed by atoms with E-state index in [1.54, 1.807) is 0 Å². The van der Waals surface area contributed by atoms with Gasteiger partial charge in [-0.05, 0) is 26.2 Å². The first-order chi connectivity index (χ1) is 10.2. The number of halogens is 1. The number of imidazole rings is 1. The van der Waals surface area contributed by atoms with E-state index in [4.69, 9.17) is 21.3 Å². The maximum atomic E-state index is 6.12. The van der Waals surface area contributed by atoms with E-state index in [0.29, 0.717) is 18.0 Å². The second-order valence-corrected chi connectivity index (χ2v) is 5.99. The summed E-state index contributed by atoms with van der Waals surface area (Å²) in [6.07, 6.45) is 4.49. The molecule has 2 aromatic rings. The van der Waals surface area contributed by atoms with E-state index in [0.717, 1.165) is 55.0 Å². The molecule has 0 aliphatic heterocycles. The zero-order chi connectivity index (χ0) is 15.0. The Hall–Kier alpha value is -1.07. The van der Waals surface area contributed by atoms with Crippen molar-refractivity contribution in [3.8, 4) is 0 Å². The highest BCUT2D eigenvalue weighted by atomic mass is 35.5. The summed E-state index contributed by atoms with van der Waals surface area (Å²) in [7, 11) is 2.00. The molecule has 2 heterocycles. The fraction of sp³-hybridized carbons (Fsp3) is 0.733. The van der Waals surface area contributed by atoms with Crippen molar-refractivity contribution in [2.75, 3.05) is 6.61 Å². The van der Waals surface area contributed by atoms with Gasteiger partial charge in [-0.2, -0.15) is 5.10 Å². The Labute approximate surface area is 130 Å². The van der Waals surface area contributed by atoms with Crippen LogP contribution in [0.15, 0.2) is 0 Å². The molecule has 0 unspecified atom stereocenters. The lowest BCUT2D eigenvalue weighted by Crippen LogP contribution is -2.34. The van der Waals surface area contributed by atoms with Gasteiger partial charge < -0.3 is 9.30 Å². The van der Waals surface area contributed by atoms with Crippen LogP contribution in [-0.2, 0) is 24.1 Å². The second kappa shape index (κ2) is 5.97. The fourth-order valence-electron chi connectivity index (χ4n) is 3.25. The molecule has 1 aliphatic carbocycles. The molecule has 3 rings (SSSR count). The zero-order valence-electron chi connectivity index (χ0n) is 13.0. The normalized spacial score (nSPS) is 21.9. The molecule has 0 amide bonds. The number of hydrogen-bond donors (Lipinski definition) is 0. The molecule has 1 saturated carbocycles. The number of nitrogens with zero attached hydrogens (tertiary/aromatic N) is 4. The molecule has 1 aliphatic rings. The molecule has 6 heteroatoms. The minimum Gasteiger partial charge on any atom is -0.378 e. The largest absolute Gasteiger partial charge is 0.378 e. The minimum absolute atomic E-state index is 0.379. The second-order valence-electron chi connectivity index (χ2n) is 5.73. The Morgan fingerprint density at radius 3 is 2.71 bits per heavy atom. The van der Waals surface area contributed by atoms with Crippen LogP contribution >= 0.6 is 11.6 Å². The average molecular weight is 311 g/mol. The molecule has 0 saturated heterocycles. The number of hydrogen-bond acceptors (Lipinski definition) is 3. The number of aromatic nitrogens is 4. The van der Waals surface area contributed by atoms with Gasteiger partial charge in [0.15, 0.2) is 5.65 Å². The predicted molar refractivity (Wildman–Crippen MR) is 83.7 cm³/mol. The first kappa shape index (κ1) is 14.9. The van der Waals surface area contributed by atoms with Gasteiger partial charge in [-0.15, -0.1) is 11.6 Å². The summed E-state index contributed by atoms with van der Waals surface area (Å²) in [5.74, 6) is 1.40. The van der Waals surface area contributed by atoms with Gasteiger partial charge in [0.2, 0.25) is 0 Å². The van der Waals surface area contributed by atoms with Gasteiger partial charge in [0.1, 0.15) is 11.3 Å². The summed E-state index contributed by atoms with van der Waals surface area (Å²) in [6, 6.07) is 0.435. The Morgan fingerprint density at radius 2 is 2.10 bits per heavy atom. The summed E-state index contributed by atoms with van der Waals surface area (Å²) >= 11 is 6.12. The topological polar surface area (TPSA) is 44.9 Å². The lowest BCUT2D eigenvalue weighted by atomic mass is 9.89. The lowest BCUT2D eigenvalue weighted by molar-refractivity contribution is -0.0194. The molecular weight excluding hydrogens is 288 g/mol. The summed E-state index contributed by atoms with van der Waals surface area (Å²) in [4.78, 5) is 4.75. The molecule has 0 radical (unpaired) electrons.